The second-order valence-electron chi connectivity index (χ2n) is 2.96. The van der Waals surface area contributed by atoms with Crippen molar-refractivity contribution in [1.82, 2.24) is 10.3 Å². The molecule has 0 bridgehead atoms. The average molecular weight is 177 g/mol. The number of nitrogens with zero attached hydrogens (tertiary/aromatic N) is 2. The molecule has 1 aliphatic rings. The SMILES string of the molecule is O=C1CCN(c2ccccn2)CN1. The fourth-order valence-electron chi connectivity index (χ4n) is 1.32. The van der Waals surface area contributed by atoms with Crippen molar-refractivity contribution in [3.8, 4) is 0 Å². The summed E-state index contributed by atoms with van der Waals surface area (Å²) in [4.78, 5) is 17.1. The first kappa shape index (κ1) is 8.04. The minimum absolute atomic E-state index is 0.118. The number of hydrogen-bond donors (Lipinski definition) is 1. The highest BCUT2D eigenvalue weighted by Gasteiger charge is 2.15. The highest BCUT2D eigenvalue weighted by molar-refractivity contribution is 5.78. The van der Waals surface area contributed by atoms with Crippen LogP contribution in [0.5, 0.6) is 0 Å². The summed E-state index contributed by atoms with van der Waals surface area (Å²) in [6.07, 6.45) is 2.31. The number of anilines is 1. The fraction of sp³-hybridized carbons (Fsp3) is 0.333. The molecule has 0 aliphatic carbocycles. The molecule has 1 aromatic heterocycles. The van der Waals surface area contributed by atoms with Gasteiger partial charge in [0.05, 0.1) is 6.67 Å². The van der Waals surface area contributed by atoms with Crippen LogP contribution in [0.15, 0.2) is 24.4 Å². The van der Waals surface area contributed by atoms with Crippen LogP contribution in [0.1, 0.15) is 6.42 Å². The van der Waals surface area contributed by atoms with Gasteiger partial charge in [-0.05, 0) is 12.1 Å². The number of amides is 1. The molecule has 2 rings (SSSR count). The maximum Gasteiger partial charge on any atom is 0.223 e. The molecule has 1 N–H and O–H groups in total. The fourth-order valence-corrected chi connectivity index (χ4v) is 1.32. The van der Waals surface area contributed by atoms with Gasteiger partial charge in [-0.15, -0.1) is 0 Å². The van der Waals surface area contributed by atoms with Gasteiger partial charge in [0.25, 0.3) is 0 Å². The summed E-state index contributed by atoms with van der Waals surface area (Å²) in [6, 6.07) is 5.77. The molecule has 4 nitrogen and oxygen atoms in total. The van der Waals surface area contributed by atoms with Gasteiger partial charge in [-0.2, -0.15) is 0 Å². The first-order valence-corrected chi connectivity index (χ1v) is 4.29. The number of carbonyl (C=O) groups is 1. The molecule has 0 radical (unpaired) electrons. The molecule has 0 aromatic carbocycles. The first-order valence-electron chi connectivity index (χ1n) is 4.29. The molecular weight excluding hydrogens is 166 g/mol. The monoisotopic (exact) mass is 177 g/mol. The summed E-state index contributed by atoms with van der Waals surface area (Å²) in [5.74, 6) is 1.04. The topological polar surface area (TPSA) is 45.2 Å². The van der Waals surface area contributed by atoms with Crippen LogP contribution in [-0.4, -0.2) is 24.1 Å². The molecule has 1 fully saturated rings. The number of hydrogen-bond acceptors (Lipinski definition) is 3. The number of rotatable bonds is 1. The number of aromatic nitrogens is 1. The summed E-state index contributed by atoms with van der Waals surface area (Å²) in [5.41, 5.74) is 0. The predicted octanol–water partition coefficient (Wildman–Crippen LogP) is 0.365. The largest absolute Gasteiger partial charge is 0.338 e. The molecule has 1 amide bonds. The summed E-state index contributed by atoms with van der Waals surface area (Å²) >= 11 is 0. The van der Waals surface area contributed by atoms with Crippen molar-refractivity contribution in [2.24, 2.45) is 0 Å². The Morgan fingerprint density at radius 1 is 1.46 bits per heavy atom. The minimum atomic E-state index is 0.118. The highest BCUT2D eigenvalue weighted by atomic mass is 16.1. The van der Waals surface area contributed by atoms with Gasteiger partial charge in [-0.1, -0.05) is 6.07 Å². The molecule has 0 saturated carbocycles. The minimum Gasteiger partial charge on any atom is -0.338 e. The zero-order chi connectivity index (χ0) is 9.10. The lowest BCUT2D eigenvalue weighted by Gasteiger charge is -2.27. The molecular formula is C9H11N3O. The van der Waals surface area contributed by atoms with E-state index in [9.17, 15) is 4.79 Å². The quantitative estimate of drug-likeness (QED) is 0.674. The van der Waals surface area contributed by atoms with E-state index in [1.807, 2.05) is 23.1 Å². The van der Waals surface area contributed by atoms with Crippen molar-refractivity contribution in [3.05, 3.63) is 24.4 Å². The van der Waals surface area contributed by atoms with E-state index in [2.05, 4.69) is 10.3 Å². The molecule has 1 aliphatic heterocycles. The normalized spacial score (nSPS) is 16.9. The Morgan fingerprint density at radius 2 is 2.38 bits per heavy atom. The van der Waals surface area contributed by atoms with Crippen molar-refractivity contribution in [2.75, 3.05) is 18.1 Å². The van der Waals surface area contributed by atoms with Gasteiger partial charge < -0.3 is 10.2 Å². The van der Waals surface area contributed by atoms with Crippen molar-refractivity contribution < 1.29 is 4.79 Å². The molecule has 0 spiro atoms. The number of nitrogens with one attached hydrogen (secondary N) is 1. The van der Waals surface area contributed by atoms with Crippen molar-refractivity contribution in [2.45, 2.75) is 6.42 Å². The third-order valence-electron chi connectivity index (χ3n) is 2.05. The van der Waals surface area contributed by atoms with Gasteiger partial charge in [0.2, 0.25) is 5.91 Å². The lowest BCUT2D eigenvalue weighted by molar-refractivity contribution is -0.121. The molecule has 68 valence electrons. The van der Waals surface area contributed by atoms with Crippen LogP contribution < -0.4 is 10.2 Å². The van der Waals surface area contributed by atoms with E-state index in [4.69, 9.17) is 0 Å². The van der Waals surface area contributed by atoms with E-state index in [1.165, 1.54) is 0 Å². The van der Waals surface area contributed by atoms with Gasteiger partial charge in [0, 0.05) is 19.2 Å². The Morgan fingerprint density at radius 3 is 3.00 bits per heavy atom. The summed E-state index contributed by atoms with van der Waals surface area (Å²) in [5, 5.41) is 2.78. The average Bonchev–Trinajstić information content (AvgIpc) is 2.20. The van der Waals surface area contributed by atoms with Crippen LogP contribution in [0, 0.1) is 0 Å². The van der Waals surface area contributed by atoms with E-state index in [0.717, 1.165) is 12.4 Å². The molecule has 13 heavy (non-hydrogen) atoms. The molecule has 2 heterocycles. The smallest absolute Gasteiger partial charge is 0.223 e. The van der Waals surface area contributed by atoms with E-state index in [0.29, 0.717) is 13.1 Å². The molecule has 4 heteroatoms. The molecule has 0 unspecified atom stereocenters. The second kappa shape index (κ2) is 3.43. The number of pyridine rings is 1. The van der Waals surface area contributed by atoms with E-state index in [1.54, 1.807) is 6.20 Å². The van der Waals surface area contributed by atoms with Gasteiger partial charge >= 0.3 is 0 Å². The Labute approximate surface area is 76.6 Å². The Kier molecular flexibility index (Phi) is 2.12. The van der Waals surface area contributed by atoms with Crippen LogP contribution in [0.2, 0.25) is 0 Å². The van der Waals surface area contributed by atoms with Crippen molar-refractivity contribution >= 4 is 11.7 Å². The third kappa shape index (κ3) is 1.77. The third-order valence-corrected chi connectivity index (χ3v) is 2.05. The maximum absolute atomic E-state index is 10.9. The van der Waals surface area contributed by atoms with Gasteiger partial charge in [0.1, 0.15) is 5.82 Å². The van der Waals surface area contributed by atoms with Crippen molar-refractivity contribution in [1.29, 1.82) is 0 Å². The molecule has 1 saturated heterocycles. The van der Waals surface area contributed by atoms with Crippen LogP contribution >= 0.6 is 0 Å². The first-order chi connectivity index (χ1) is 6.36. The van der Waals surface area contributed by atoms with E-state index < -0.39 is 0 Å². The summed E-state index contributed by atoms with van der Waals surface area (Å²) < 4.78 is 0. The second-order valence-corrected chi connectivity index (χ2v) is 2.96. The van der Waals surface area contributed by atoms with E-state index in [-0.39, 0.29) is 5.91 Å². The van der Waals surface area contributed by atoms with Gasteiger partial charge in [0.15, 0.2) is 0 Å². The van der Waals surface area contributed by atoms with Crippen LogP contribution in [0.3, 0.4) is 0 Å². The standard InChI is InChI=1S/C9H11N3O/c13-9-4-6-12(7-11-9)8-3-1-2-5-10-8/h1-3,5H,4,6-7H2,(H,11,13). The Balaban J connectivity index is 2.07. The lowest BCUT2D eigenvalue weighted by atomic mass is 10.3. The Hall–Kier alpha value is -1.58. The zero-order valence-electron chi connectivity index (χ0n) is 7.23. The van der Waals surface area contributed by atoms with Crippen LogP contribution in [0.25, 0.3) is 0 Å². The van der Waals surface area contributed by atoms with E-state index >= 15 is 0 Å². The summed E-state index contributed by atoms with van der Waals surface area (Å²) in [6.45, 7) is 1.32. The number of carbonyl (C=O) groups excluding carboxylic acids is 1. The highest BCUT2D eigenvalue weighted by Crippen LogP contribution is 2.10. The lowest BCUT2D eigenvalue weighted by Crippen LogP contribution is -2.45. The van der Waals surface area contributed by atoms with Crippen LogP contribution in [0.4, 0.5) is 5.82 Å². The van der Waals surface area contributed by atoms with Crippen molar-refractivity contribution in [3.63, 3.8) is 0 Å². The van der Waals surface area contributed by atoms with Gasteiger partial charge in [-0.3, -0.25) is 4.79 Å². The predicted molar refractivity (Wildman–Crippen MR) is 49.2 cm³/mol. The maximum atomic E-state index is 10.9. The molecule has 0 atom stereocenters. The molecule has 1 aromatic rings. The summed E-state index contributed by atoms with van der Waals surface area (Å²) in [7, 11) is 0. The van der Waals surface area contributed by atoms with Crippen LogP contribution in [-0.2, 0) is 4.79 Å². The van der Waals surface area contributed by atoms with Gasteiger partial charge in [-0.25, -0.2) is 4.98 Å². The zero-order valence-corrected chi connectivity index (χ0v) is 7.23. The Bertz CT molecular complexity index is 289.